The first-order chi connectivity index (χ1) is 9.56. The zero-order chi connectivity index (χ0) is 14.8. The molecule has 1 saturated heterocycles. The van der Waals surface area contributed by atoms with Gasteiger partial charge in [0.05, 0.1) is 0 Å². The van der Waals surface area contributed by atoms with Crippen LogP contribution in [0.15, 0.2) is 0 Å². The van der Waals surface area contributed by atoms with Crippen LogP contribution in [0.25, 0.3) is 0 Å². The van der Waals surface area contributed by atoms with Gasteiger partial charge in [-0.15, -0.1) is 0 Å². The second-order valence-electron chi connectivity index (χ2n) is 6.31. The summed E-state index contributed by atoms with van der Waals surface area (Å²) in [6.45, 7) is 6.21. The van der Waals surface area contributed by atoms with Gasteiger partial charge in [0.25, 0.3) is 0 Å². The van der Waals surface area contributed by atoms with E-state index >= 15 is 0 Å². The van der Waals surface area contributed by atoms with Crippen molar-refractivity contribution in [1.82, 2.24) is 5.32 Å². The number of halogens is 1. The molecule has 0 saturated carbocycles. The molecule has 0 radical (unpaired) electrons. The number of esters is 1. The first-order valence-electron chi connectivity index (χ1n) is 8.05. The Balaban J connectivity index is 2.16. The average molecular weight is 348 g/mol. The highest BCUT2D eigenvalue weighted by molar-refractivity contribution is 9.09. The van der Waals surface area contributed by atoms with Gasteiger partial charge in [-0.2, -0.15) is 0 Å². The molecule has 1 N–H and O–H groups in total. The summed E-state index contributed by atoms with van der Waals surface area (Å²) >= 11 is 3.43. The minimum atomic E-state index is -0.310. The Labute approximate surface area is 132 Å². The highest BCUT2D eigenvalue weighted by Crippen LogP contribution is 2.29. The molecule has 118 valence electrons. The summed E-state index contributed by atoms with van der Waals surface area (Å²) in [6, 6.07) is 0. The summed E-state index contributed by atoms with van der Waals surface area (Å²) in [5.74, 6) is 0.473. The van der Waals surface area contributed by atoms with Crippen molar-refractivity contribution in [3.05, 3.63) is 0 Å². The number of ether oxygens (including phenoxy) is 1. The van der Waals surface area contributed by atoms with Gasteiger partial charge in [0.15, 0.2) is 0 Å². The van der Waals surface area contributed by atoms with Gasteiger partial charge in [0.2, 0.25) is 0 Å². The van der Waals surface area contributed by atoms with E-state index < -0.39 is 0 Å². The van der Waals surface area contributed by atoms with Gasteiger partial charge >= 0.3 is 5.97 Å². The average Bonchev–Trinajstić information content (AvgIpc) is 2.43. The van der Waals surface area contributed by atoms with E-state index in [0.29, 0.717) is 12.3 Å². The van der Waals surface area contributed by atoms with E-state index in [1.54, 1.807) is 0 Å². The van der Waals surface area contributed by atoms with Crippen molar-refractivity contribution < 1.29 is 9.53 Å². The van der Waals surface area contributed by atoms with Gasteiger partial charge in [-0.3, -0.25) is 4.79 Å². The molecule has 0 aromatic carbocycles. The SMILES string of the molecule is CC(C)(OC(=O)CCCCCCCBr)C1CCNCC1. The molecular formula is C16H30BrNO2. The van der Waals surface area contributed by atoms with Gasteiger partial charge < -0.3 is 10.1 Å². The highest BCUT2D eigenvalue weighted by atomic mass is 79.9. The van der Waals surface area contributed by atoms with E-state index in [4.69, 9.17) is 4.74 Å². The summed E-state index contributed by atoms with van der Waals surface area (Å²) in [5.41, 5.74) is -0.310. The maximum Gasteiger partial charge on any atom is 0.306 e. The summed E-state index contributed by atoms with van der Waals surface area (Å²) in [7, 11) is 0. The molecule has 3 nitrogen and oxygen atoms in total. The number of carbonyl (C=O) groups excluding carboxylic acids is 1. The van der Waals surface area contributed by atoms with E-state index in [2.05, 4.69) is 35.1 Å². The molecule has 20 heavy (non-hydrogen) atoms. The monoisotopic (exact) mass is 347 g/mol. The molecule has 0 aromatic rings. The molecular weight excluding hydrogens is 318 g/mol. The van der Waals surface area contributed by atoms with E-state index in [0.717, 1.165) is 44.1 Å². The van der Waals surface area contributed by atoms with E-state index in [1.165, 1.54) is 19.3 Å². The van der Waals surface area contributed by atoms with E-state index in [-0.39, 0.29) is 11.6 Å². The molecule has 1 rings (SSSR count). The molecule has 0 aromatic heterocycles. The lowest BCUT2D eigenvalue weighted by atomic mass is 9.83. The Morgan fingerprint density at radius 2 is 1.75 bits per heavy atom. The van der Waals surface area contributed by atoms with Crippen LogP contribution in [0.3, 0.4) is 0 Å². The first kappa shape index (κ1) is 18.0. The Kier molecular flexibility index (Phi) is 8.78. The van der Waals surface area contributed by atoms with Crippen molar-refractivity contribution in [1.29, 1.82) is 0 Å². The van der Waals surface area contributed by atoms with Gasteiger partial charge in [-0.05, 0) is 52.6 Å². The summed E-state index contributed by atoms with van der Waals surface area (Å²) in [4.78, 5) is 11.9. The van der Waals surface area contributed by atoms with Crippen LogP contribution in [0.1, 0.15) is 65.2 Å². The summed E-state index contributed by atoms with van der Waals surface area (Å²) in [6.07, 6.45) is 8.58. The molecule has 0 amide bonds. The molecule has 1 heterocycles. The fourth-order valence-electron chi connectivity index (χ4n) is 2.84. The number of rotatable bonds is 9. The zero-order valence-corrected chi connectivity index (χ0v) is 14.6. The normalized spacial score (nSPS) is 17.1. The molecule has 0 aliphatic carbocycles. The zero-order valence-electron chi connectivity index (χ0n) is 13.0. The number of unbranched alkanes of at least 4 members (excludes halogenated alkanes) is 4. The topological polar surface area (TPSA) is 38.3 Å². The van der Waals surface area contributed by atoms with Crippen LogP contribution >= 0.6 is 15.9 Å². The molecule has 0 bridgehead atoms. The predicted molar refractivity (Wildman–Crippen MR) is 87.3 cm³/mol. The van der Waals surface area contributed by atoms with Crippen molar-refractivity contribution in [2.24, 2.45) is 5.92 Å². The number of hydrogen-bond acceptors (Lipinski definition) is 3. The van der Waals surface area contributed by atoms with E-state index in [9.17, 15) is 4.79 Å². The number of hydrogen-bond donors (Lipinski definition) is 1. The van der Waals surface area contributed by atoms with Crippen molar-refractivity contribution >= 4 is 21.9 Å². The Morgan fingerprint density at radius 1 is 1.15 bits per heavy atom. The highest BCUT2D eigenvalue weighted by Gasteiger charge is 2.33. The Hall–Kier alpha value is -0.0900. The van der Waals surface area contributed by atoms with Crippen LogP contribution in [0.4, 0.5) is 0 Å². The standard InChI is InChI=1S/C16H30BrNO2/c1-16(2,14-9-12-18-13-10-14)20-15(19)8-6-4-3-5-7-11-17/h14,18H,3-13H2,1-2H3. The first-order valence-corrected chi connectivity index (χ1v) is 9.17. The number of piperidine rings is 1. The molecule has 1 aliphatic rings. The largest absolute Gasteiger partial charge is 0.459 e. The van der Waals surface area contributed by atoms with Crippen LogP contribution in [0.2, 0.25) is 0 Å². The van der Waals surface area contributed by atoms with Crippen LogP contribution in [0, 0.1) is 5.92 Å². The van der Waals surface area contributed by atoms with Gasteiger partial charge in [-0.25, -0.2) is 0 Å². The van der Waals surface area contributed by atoms with E-state index in [1.807, 2.05) is 0 Å². The molecule has 4 heteroatoms. The quantitative estimate of drug-likeness (QED) is 0.388. The Bertz CT molecular complexity index is 276. The molecule has 0 atom stereocenters. The fourth-order valence-corrected chi connectivity index (χ4v) is 3.24. The second kappa shape index (κ2) is 9.78. The predicted octanol–water partition coefficient (Wildman–Crippen LogP) is 4.04. The van der Waals surface area contributed by atoms with Crippen LogP contribution in [-0.4, -0.2) is 30.0 Å². The number of nitrogens with one attached hydrogen (secondary N) is 1. The number of alkyl halides is 1. The smallest absolute Gasteiger partial charge is 0.306 e. The molecule has 0 unspecified atom stereocenters. The second-order valence-corrected chi connectivity index (χ2v) is 7.10. The lowest BCUT2D eigenvalue weighted by Gasteiger charge is -2.36. The molecule has 1 aliphatic heterocycles. The summed E-state index contributed by atoms with van der Waals surface area (Å²) < 4.78 is 5.73. The van der Waals surface area contributed by atoms with Crippen molar-refractivity contribution in [2.75, 3.05) is 18.4 Å². The maximum absolute atomic E-state index is 11.9. The fraction of sp³-hybridized carbons (Fsp3) is 0.938. The lowest BCUT2D eigenvalue weighted by Crippen LogP contribution is -2.42. The third-order valence-corrected chi connectivity index (χ3v) is 4.77. The lowest BCUT2D eigenvalue weighted by molar-refractivity contribution is -0.162. The van der Waals surface area contributed by atoms with Crippen molar-refractivity contribution in [2.45, 2.75) is 70.8 Å². The van der Waals surface area contributed by atoms with Crippen LogP contribution in [0.5, 0.6) is 0 Å². The van der Waals surface area contributed by atoms with Crippen molar-refractivity contribution in [3.63, 3.8) is 0 Å². The third kappa shape index (κ3) is 7.07. The third-order valence-electron chi connectivity index (χ3n) is 4.21. The molecule has 0 spiro atoms. The maximum atomic E-state index is 11.9. The van der Waals surface area contributed by atoms with Gasteiger partial charge in [0, 0.05) is 17.7 Å². The van der Waals surface area contributed by atoms with Crippen LogP contribution < -0.4 is 5.32 Å². The Morgan fingerprint density at radius 3 is 2.40 bits per heavy atom. The minimum absolute atomic E-state index is 0.0194. The minimum Gasteiger partial charge on any atom is -0.459 e. The van der Waals surface area contributed by atoms with Crippen LogP contribution in [-0.2, 0) is 9.53 Å². The molecule has 1 fully saturated rings. The summed E-state index contributed by atoms with van der Waals surface area (Å²) in [5, 5.41) is 4.44. The van der Waals surface area contributed by atoms with Gasteiger partial charge in [0.1, 0.15) is 5.60 Å². The van der Waals surface area contributed by atoms with Crippen molar-refractivity contribution in [3.8, 4) is 0 Å². The number of carbonyl (C=O) groups is 1. The van der Waals surface area contributed by atoms with Gasteiger partial charge in [-0.1, -0.05) is 35.2 Å².